The van der Waals surface area contributed by atoms with E-state index in [9.17, 15) is 36.6 Å². The molecule has 0 radical (unpaired) electrons. The molecule has 0 aromatic heterocycles. The molecule has 0 heterocycles. The second-order valence-electron chi connectivity index (χ2n) is 5.78. The monoisotopic (exact) mass is 430 g/mol. The number of rotatable bonds is 7. The zero-order chi connectivity index (χ0) is 22.4. The van der Waals surface area contributed by atoms with Crippen molar-refractivity contribution >= 4 is 23.6 Å². The molecule has 0 aliphatic rings. The summed E-state index contributed by atoms with van der Waals surface area (Å²) in [6, 6.07) is 4.64. The molecule has 2 amide bonds. The lowest BCUT2D eigenvalue weighted by atomic mass is 10.1. The molecule has 2 rings (SSSR count). The Hall–Kier alpha value is -3.47. The zero-order valence-corrected chi connectivity index (χ0v) is 15.3. The summed E-state index contributed by atoms with van der Waals surface area (Å²) in [4.78, 5) is 24.0. The van der Waals surface area contributed by atoms with E-state index in [1.165, 1.54) is 19.2 Å². The van der Waals surface area contributed by atoms with Gasteiger partial charge in [0.25, 0.3) is 0 Å². The highest BCUT2D eigenvalue weighted by Crippen LogP contribution is 2.24. The Kier molecular flexibility index (Phi) is 7.48. The van der Waals surface area contributed by atoms with Crippen LogP contribution in [0.15, 0.2) is 30.3 Å². The maximum Gasteiger partial charge on any atom is 0.249 e. The molecule has 0 bridgehead atoms. The lowest BCUT2D eigenvalue weighted by molar-refractivity contribution is -0.124. The first kappa shape index (κ1) is 22.8. The molecular formula is C19H15F5N2O4. The number of carbonyl (C=O) groups excluding carboxylic acids is 2. The van der Waals surface area contributed by atoms with Gasteiger partial charge in [-0.05, 0) is 30.3 Å². The molecule has 160 valence electrons. The van der Waals surface area contributed by atoms with Crippen molar-refractivity contribution in [3.63, 3.8) is 0 Å². The lowest BCUT2D eigenvalue weighted by Gasteiger charge is -2.15. The van der Waals surface area contributed by atoms with E-state index >= 15 is 0 Å². The van der Waals surface area contributed by atoms with Gasteiger partial charge in [0, 0.05) is 11.8 Å². The van der Waals surface area contributed by atoms with Crippen LogP contribution < -0.4 is 15.4 Å². The molecule has 0 saturated heterocycles. The zero-order valence-electron chi connectivity index (χ0n) is 15.3. The largest absolute Gasteiger partial charge is 0.497 e. The predicted octanol–water partition coefficient (Wildman–Crippen LogP) is 2.52. The number of aliphatic hydroxyl groups is 1. The number of anilines is 1. The van der Waals surface area contributed by atoms with E-state index in [1.807, 2.05) is 5.32 Å². The van der Waals surface area contributed by atoms with E-state index in [-0.39, 0.29) is 0 Å². The van der Waals surface area contributed by atoms with Crippen molar-refractivity contribution in [3.05, 3.63) is 65.0 Å². The molecule has 0 saturated carbocycles. The highest BCUT2D eigenvalue weighted by Gasteiger charge is 2.24. The van der Waals surface area contributed by atoms with E-state index in [4.69, 9.17) is 4.74 Å². The van der Waals surface area contributed by atoms with Crippen LogP contribution in [0.1, 0.15) is 5.56 Å². The van der Waals surface area contributed by atoms with Gasteiger partial charge in [0.1, 0.15) is 11.8 Å². The maximum absolute atomic E-state index is 13.6. The summed E-state index contributed by atoms with van der Waals surface area (Å²) < 4.78 is 71.5. The summed E-state index contributed by atoms with van der Waals surface area (Å²) in [5.74, 6) is -12.3. The number of methoxy groups -OCH3 is 1. The Balaban J connectivity index is 2.09. The molecule has 1 atom stereocenters. The molecule has 0 fully saturated rings. The minimum Gasteiger partial charge on any atom is -0.497 e. The molecule has 30 heavy (non-hydrogen) atoms. The Morgan fingerprint density at radius 1 is 1.00 bits per heavy atom. The van der Waals surface area contributed by atoms with Crippen LogP contribution in [0.5, 0.6) is 5.75 Å². The van der Waals surface area contributed by atoms with Crippen molar-refractivity contribution in [3.8, 4) is 5.75 Å². The third-order valence-corrected chi connectivity index (χ3v) is 3.82. The fourth-order valence-electron chi connectivity index (χ4n) is 2.24. The quantitative estimate of drug-likeness (QED) is 0.273. The smallest absolute Gasteiger partial charge is 0.249 e. The maximum atomic E-state index is 13.6. The van der Waals surface area contributed by atoms with Crippen LogP contribution in [0, 0.1) is 29.1 Å². The van der Waals surface area contributed by atoms with Gasteiger partial charge >= 0.3 is 0 Å². The van der Waals surface area contributed by atoms with E-state index < -0.39 is 59.1 Å². The summed E-state index contributed by atoms with van der Waals surface area (Å²) in [7, 11) is 1.45. The highest BCUT2D eigenvalue weighted by molar-refractivity contribution is 6.00. The molecule has 2 aromatic carbocycles. The Labute approximate surface area is 167 Å². The van der Waals surface area contributed by atoms with E-state index in [1.54, 1.807) is 12.1 Å². The normalized spacial score (nSPS) is 12.0. The average molecular weight is 430 g/mol. The number of carbonyl (C=O) groups is 2. The van der Waals surface area contributed by atoms with Crippen LogP contribution in [0.3, 0.4) is 0 Å². The summed E-state index contributed by atoms with van der Waals surface area (Å²) in [6.45, 7) is -0.829. The van der Waals surface area contributed by atoms with Crippen molar-refractivity contribution in [1.29, 1.82) is 0 Å². The Morgan fingerprint density at radius 2 is 1.53 bits per heavy atom. The van der Waals surface area contributed by atoms with Crippen molar-refractivity contribution < 1.29 is 41.4 Å². The number of benzene rings is 2. The van der Waals surface area contributed by atoms with Crippen LogP contribution in [0.2, 0.25) is 0 Å². The number of nitrogens with one attached hydrogen (secondary N) is 2. The molecule has 0 aliphatic heterocycles. The van der Waals surface area contributed by atoms with Crippen LogP contribution in [0.25, 0.3) is 6.08 Å². The first-order chi connectivity index (χ1) is 14.2. The molecule has 0 aliphatic carbocycles. The summed E-state index contributed by atoms with van der Waals surface area (Å²) >= 11 is 0. The topological polar surface area (TPSA) is 87.7 Å². The van der Waals surface area contributed by atoms with Gasteiger partial charge in [0.05, 0.1) is 19.3 Å². The standard InChI is InChI=1S/C19H15F5N2O4/c1-30-10-4-2-9(3-5-10)25-19(29)12(8-27)26-13(28)7-6-11-14(20)16(22)18(24)17(23)15(11)21/h2-7,12,27H,8H2,1H3,(H,25,29)(H,26,28). The second-order valence-corrected chi connectivity index (χ2v) is 5.78. The van der Waals surface area contributed by atoms with E-state index in [0.29, 0.717) is 23.6 Å². The van der Waals surface area contributed by atoms with Crippen molar-refractivity contribution in [2.24, 2.45) is 0 Å². The molecule has 11 heteroatoms. The van der Waals surface area contributed by atoms with Crippen molar-refractivity contribution in [2.45, 2.75) is 6.04 Å². The van der Waals surface area contributed by atoms with Gasteiger partial charge < -0.3 is 20.5 Å². The minimum atomic E-state index is -2.33. The fraction of sp³-hybridized carbons (Fsp3) is 0.158. The minimum absolute atomic E-state index is 0.324. The Morgan fingerprint density at radius 3 is 2.03 bits per heavy atom. The van der Waals surface area contributed by atoms with Gasteiger partial charge in [0.2, 0.25) is 17.6 Å². The molecule has 6 nitrogen and oxygen atoms in total. The summed E-state index contributed by atoms with van der Waals surface area (Å²) in [5.41, 5.74) is -1.00. The van der Waals surface area contributed by atoms with Crippen LogP contribution in [-0.2, 0) is 9.59 Å². The van der Waals surface area contributed by atoms with Crippen LogP contribution >= 0.6 is 0 Å². The SMILES string of the molecule is COc1ccc(NC(=O)C(CO)NC(=O)C=Cc2c(F)c(F)c(F)c(F)c2F)cc1. The van der Waals surface area contributed by atoms with Crippen LogP contribution in [0.4, 0.5) is 27.6 Å². The molecule has 3 N–H and O–H groups in total. The van der Waals surface area contributed by atoms with Gasteiger partial charge in [-0.15, -0.1) is 0 Å². The summed E-state index contributed by atoms with van der Waals surface area (Å²) in [6.07, 6.45) is 0.822. The first-order valence-corrected chi connectivity index (χ1v) is 8.25. The molecule has 1 unspecified atom stereocenters. The lowest BCUT2D eigenvalue weighted by Crippen LogP contribution is -2.45. The molecular weight excluding hydrogens is 415 g/mol. The molecule has 0 spiro atoms. The summed E-state index contributed by atoms with van der Waals surface area (Å²) in [5, 5.41) is 13.8. The number of ether oxygens (including phenoxy) is 1. The average Bonchev–Trinajstić information content (AvgIpc) is 2.75. The third-order valence-electron chi connectivity index (χ3n) is 3.82. The number of hydrogen-bond donors (Lipinski definition) is 3. The number of aliphatic hydroxyl groups excluding tert-OH is 1. The van der Waals surface area contributed by atoms with E-state index in [0.717, 1.165) is 0 Å². The van der Waals surface area contributed by atoms with E-state index in [2.05, 4.69) is 5.32 Å². The van der Waals surface area contributed by atoms with Gasteiger partial charge in [-0.1, -0.05) is 0 Å². The Bertz CT molecular complexity index is 951. The number of hydrogen-bond acceptors (Lipinski definition) is 4. The molecule has 2 aromatic rings. The van der Waals surface area contributed by atoms with Gasteiger partial charge in [0.15, 0.2) is 23.3 Å². The van der Waals surface area contributed by atoms with Crippen molar-refractivity contribution in [1.82, 2.24) is 5.32 Å². The first-order valence-electron chi connectivity index (χ1n) is 8.25. The van der Waals surface area contributed by atoms with Crippen LogP contribution in [-0.4, -0.2) is 36.7 Å². The van der Waals surface area contributed by atoms with Gasteiger partial charge in [-0.25, -0.2) is 22.0 Å². The van der Waals surface area contributed by atoms with Gasteiger partial charge in [-0.2, -0.15) is 0 Å². The third kappa shape index (κ3) is 5.11. The predicted molar refractivity (Wildman–Crippen MR) is 95.9 cm³/mol. The number of amides is 2. The highest BCUT2D eigenvalue weighted by atomic mass is 19.2. The fourth-order valence-corrected chi connectivity index (χ4v) is 2.24. The second kappa shape index (κ2) is 9.83. The van der Waals surface area contributed by atoms with Gasteiger partial charge in [-0.3, -0.25) is 9.59 Å². The number of halogens is 5. The van der Waals surface area contributed by atoms with Crippen molar-refractivity contribution in [2.75, 3.05) is 19.0 Å².